The van der Waals surface area contributed by atoms with Crippen molar-refractivity contribution in [2.75, 3.05) is 0 Å². The monoisotopic (exact) mass is 299 g/mol. The van der Waals surface area contributed by atoms with Gasteiger partial charge in [0.1, 0.15) is 5.60 Å². The number of nitrogens with zero attached hydrogens (tertiary/aromatic N) is 3. The molecular formula is C17H21N3O2. The first-order valence-electron chi connectivity index (χ1n) is 7.41. The molecule has 2 aromatic rings. The second kappa shape index (κ2) is 5.16. The Kier molecular flexibility index (Phi) is 3.43. The van der Waals surface area contributed by atoms with Crippen molar-refractivity contribution in [3.05, 3.63) is 41.7 Å². The number of hydrogen-bond acceptors (Lipinski definition) is 3. The Morgan fingerprint density at radius 2 is 2.05 bits per heavy atom. The van der Waals surface area contributed by atoms with E-state index in [1.54, 1.807) is 9.58 Å². The second-order valence-electron chi connectivity index (χ2n) is 6.68. The third-order valence-electron chi connectivity index (χ3n) is 3.65. The SMILES string of the molecule is Cn1cc(-c2cccc3c2CN(C(=O)OC(C)(C)C)C3)cn1. The smallest absolute Gasteiger partial charge is 0.410 e. The van der Waals surface area contributed by atoms with Crippen molar-refractivity contribution in [1.29, 1.82) is 0 Å². The third-order valence-corrected chi connectivity index (χ3v) is 3.65. The Balaban J connectivity index is 1.86. The van der Waals surface area contributed by atoms with Crippen LogP contribution in [-0.4, -0.2) is 26.4 Å². The number of ether oxygens (including phenoxy) is 1. The Labute approximate surface area is 130 Å². The van der Waals surface area contributed by atoms with Crippen molar-refractivity contribution in [3.8, 4) is 11.1 Å². The molecule has 3 rings (SSSR count). The molecule has 1 aliphatic heterocycles. The second-order valence-corrected chi connectivity index (χ2v) is 6.68. The zero-order valence-electron chi connectivity index (χ0n) is 13.5. The summed E-state index contributed by atoms with van der Waals surface area (Å²) < 4.78 is 7.26. The van der Waals surface area contributed by atoms with Crippen molar-refractivity contribution < 1.29 is 9.53 Å². The fourth-order valence-corrected chi connectivity index (χ4v) is 2.71. The Morgan fingerprint density at radius 3 is 2.68 bits per heavy atom. The molecule has 0 spiro atoms. The lowest BCUT2D eigenvalue weighted by Crippen LogP contribution is -2.33. The number of carbonyl (C=O) groups is 1. The van der Waals surface area contributed by atoms with Crippen molar-refractivity contribution in [1.82, 2.24) is 14.7 Å². The van der Waals surface area contributed by atoms with Crippen molar-refractivity contribution >= 4 is 6.09 Å². The minimum absolute atomic E-state index is 0.263. The Hall–Kier alpha value is -2.30. The van der Waals surface area contributed by atoms with E-state index < -0.39 is 5.60 Å². The summed E-state index contributed by atoms with van der Waals surface area (Å²) in [5.74, 6) is 0. The standard InChI is InChI=1S/C17H21N3O2/c1-17(2,3)22-16(21)20-10-12-6-5-7-14(15(12)11-20)13-8-18-19(4)9-13/h5-9H,10-11H2,1-4H3. The highest BCUT2D eigenvalue weighted by Gasteiger charge is 2.29. The Morgan fingerprint density at radius 1 is 1.27 bits per heavy atom. The van der Waals surface area contributed by atoms with E-state index in [9.17, 15) is 4.79 Å². The van der Waals surface area contributed by atoms with Gasteiger partial charge in [0.25, 0.3) is 0 Å². The zero-order chi connectivity index (χ0) is 15.9. The number of fused-ring (bicyclic) bond motifs is 1. The molecule has 22 heavy (non-hydrogen) atoms. The van der Waals surface area contributed by atoms with E-state index in [1.165, 1.54) is 11.1 Å². The number of amides is 1. The predicted molar refractivity (Wildman–Crippen MR) is 84.1 cm³/mol. The van der Waals surface area contributed by atoms with E-state index in [4.69, 9.17) is 4.74 Å². The first-order valence-corrected chi connectivity index (χ1v) is 7.41. The molecule has 1 amide bonds. The van der Waals surface area contributed by atoms with E-state index in [2.05, 4.69) is 17.2 Å². The molecule has 5 nitrogen and oxygen atoms in total. The lowest BCUT2D eigenvalue weighted by Gasteiger charge is -2.24. The minimum atomic E-state index is -0.474. The van der Waals surface area contributed by atoms with Crippen LogP contribution < -0.4 is 0 Å². The van der Waals surface area contributed by atoms with Crippen LogP contribution in [0.1, 0.15) is 31.9 Å². The van der Waals surface area contributed by atoms with Crippen LogP contribution in [0.3, 0.4) is 0 Å². The number of aromatic nitrogens is 2. The molecule has 0 fully saturated rings. The summed E-state index contributed by atoms with van der Waals surface area (Å²) in [6.45, 7) is 6.83. The fourth-order valence-electron chi connectivity index (χ4n) is 2.71. The molecule has 1 aromatic heterocycles. The number of aryl methyl sites for hydroxylation is 1. The predicted octanol–water partition coefficient (Wildman–Crippen LogP) is 3.34. The Bertz CT molecular complexity index is 713. The number of hydrogen-bond donors (Lipinski definition) is 0. The highest BCUT2D eigenvalue weighted by molar-refractivity contribution is 5.73. The molecule has 0 atom stereocenters. The fraction of sp³-hybridized carbons (Fsp3) is 0.412. The maximum atomic E-state index is 12.3. The molecule has 0 aliphatic carbocycles. The first kappa shape index (κ1) is 14.6. The largest absolute Gasteiger partial charge is 0.444 e. The highest BCUT2D eigenvalue weighted by atomic mass is 16.6. The van der Waals surface area contributed by atoms with Gasteiger partial charge in [0.2, 0.25) is 0 Å². The summed E-state index contributed by atoms with van der Waals surface area (Å²) >= 11 is 0. The lowest BCUT2D eigenvalue weighted by molar-refractivity contribution is 0.0242. The quantitative estimate of drug-likeness (QED) is 0.811. The molecule has 0 radical (unpaired) electrons. The van der Waals surface area contributed by atoms with Gasteiger partial charge in [0.15, 0.2) is 0 Å². The summed E-state index contributed by atoms with van der Waals surface area (Å²) in [5.41, 5.74) is 4.09. The van der Waals surface area contributed by atoms with Crippen molar-refractivity contribution in [3.63, 3.8) is 0 Å². The van der Waals surface area contributed by atoms with E-state index in [-0.39, 0.29) is 6.09 Å². The molecule has 1 aromatic carbocycles. The van der Waals surface area contributed by atoms with Crippen LogP contribution in [0.4, 0.5) is 4.79 Å². The van der Waals surface area contributed by atoms with Gasteiger partial charge in [0, 0.05) is 25.4 Å². The molecular weight excluding hydrogens is 278 g/mol. The highest BCUT2D eigenvalue weighted by Crippen LogP contribution is 2.33. The van der Waals surface area contributed by atoms with Crippen molar-refractivity contribution in [2.45, 2.75) is 39.5 Å². The summed E-state index contributed by atoms with van der Waals surface area (Å²) in [5, 5.41) is 4.23. The van der Waals surface area contributed by atoms with Crippen LogP contribution in [0, 0.1) is 0 Å². The lowest BCUT2D eigenvalue weighted by atomic mass is 9.99. The van der Waals surface area contributed by atoms with Gasteiger partial charge in [-0.3, -0.25) is 9.58 Å². The molecule has 0 unspecified atom stereocenters. The van der Waals surface area contributed by atoms with Gasteiger partial charge < -0.3 is 4.74 Å². The van der Waals surface area contributed by atoms with E-state index in [0.717, 1.165) is 11.1 Å². The van der Waals surface area contributed by atoms with Gasteiger partial charge in [-0.2, -0.15) is 5.10 Å². The molecule has 0 bridgehead atoms. The number of rotatable bonds is 1. The van der Waals surface area contributed by atoms with E-state index in [0.29, 0.717) is 13.1 Å². The van der Waals surface area contributed by atoms with E-state index in [1.807, 2.05) is 46.3 Å². The zero-order valence-corrected chi connectivity index (χ0v) is 13.5. The molecule has 1 aliphatic rings. The third kappa shape index (κ3) is 2.84. The van der Waals surface area contributed by atoms with Gasteiger partial charge in [-0.25, -0.2) is 4.79 Å². The average molecular weight is 299 g/mol. The maximum Gasteiger partial charge on any atom is 0.410 e. The van der Waals surface area contributed by atoms with Crippen LogP contribution in [-0.2, 0) is 24.9 Å². The maximum absolute atomic E-state index is 12.3. The summed E-state index contributed by atoms with van der Waals surface area (Å²) in [7, 11) is 1.90. The number of carbonyl (C=O) groups excluding carboxylic acids is 1. The molecule has 0 saturated carbocycles. The molecule has 5 heteroatoms. The summed E-state index contributed by atoms with van der Waals surface area (Å²) in [6.07, 6.45) is 3.58. The van der Waals surface area contributed by atoms with Crippen LogP contribution in [0.5, 0.6) is 0 Å². The first-order chi connectivity index (χ1) is 10.3. The van der Waals surface area contributed by atoms with Crippen LogP contribution >= 0.6 is 0 Å². The molecule has 2 heterocycles. The van der Waals surface area contributed by atoms with Crippen LogP contribution in [0.15, 0.2) is 30.6 Å². The van der Waals surface area contributed by atoms with Gasteiger partial charge in [-0.15, -0.1) is 0 Å². The molecule has 0 N–H and O–H groups in total. The summed E-state index contributed by atoms with van der Waals surface area (Å²) in [4.78, 5) is 14.0. The van der Waals surface area contributed by atoms with Gasteiger partial charge in [0.05, 0.1) is 12.7 Å². The number of benzene rings is 1. The topological polar surface area (TPSA) is 47.4 Å². The summed E-state index contributed by atoms with van der Waals surface area (Å²) in [6, 6.07) is 6.17. The van der Waals surface area contributed by atoms with E-state index >= 15 is 0 Å². The molecule has 0 saturated heterocycles. The average Bonchev–Trinajstić information content (AvgIpc) is 3.02. The van der Waals surface area contributed by atoms with Gasteiger partial charge in [-0.05, 0) is 37.5 Å². The normalized spacial score (nSPS) is 14.1. The van der Waals surface area contributed by atoms with Crippen molar-refractivity contribution in [2.24, 2.45) is 7.05 Å². The van der Waals surface area contributed by atoms with Crippen LogP contribution in [0.25, 0.3) is 11.1 Å². The minimum Gasteiger partial charge on any atom is -0.444 e. The molecule has 116 valence electrons. The van der Waals surface area contributed by atoms with Gasteiger partial charge >= 0.3 is 6.09 Å². The van der Waals surface area contributed by atoms with Gasteiger partial charge in [-0.1, -0.05) is 18.2 Å². The van der Waals surface area contributed by atoms with Crippen LogP contribution in [0.2, 0.25) is 0 Å².